The largest absolute Gasteiger partial charge is 0.393 e. The van der Waals surface area contributed by atoms with E-state index in [1.807, 2.05) is 0 Å². The van der Waals surface area contributed by atoms with Crippen molar-refractivity contribution >= 4 is 0 Å². The second kappa shape index (κ2) is 4.69. The lowest BCUT2D eigenvalue weighted by Gasteiger charge is -2.45. The first kappa shape index (κ1) is 12.6. The predicted octanol–water partition coefficient (Wildman–Crippen LogP) is 1.85. The Morgan fingerprint density at radius 3 is 2.26 bits per heavy atom. The Bertz CT molecular complexity index is 327. The molecule has 0 aromatic heterocycles. The quantitative estimate of drug-likeness (QED) is 0.737. The number of rotatable bonds is 1. The Morgan fingerprint density at radius 1 is 0.842 bits per heavy atom. The molecule has 2 heterocycles. The minimum atomic E-state index is -0.372. The van der Waals surface area contributed by atoms with Crippen LogP contribution < -0.4 is 0 Å². The van der Waals surface area contributed by atoms with Crippen molar-refractivity contribution in [2.45, 2.75) is 69.0 Å². The maximum Gasteiger partial charge on any atom is 0.168 e. The van der Waals surface area contributed by atoms with E-state index in [1.54, 1.807) is 0 Å². The normalized spacial score (nSPS) is 53.8. The molecule has 4 rings (SSSR count). The molecule has 4 nitrogen and oxygen atoms in total. The molecule has 1 N–H and O–H groups in total. The lowest BCUT2D eigenvalue weighted by atomic mass is 9.80. The summed E-state index contributed by atoms with van der Waals surface area (Å²) in [6.45, 7) is 1.66. The fourth-order valence-electron chi connectivity index (χ4n) is 4.07. The molecule has 2 saturated carbocycles. The second-order valence-corrected chi connectivity index (χ2v) is 6.81. The van der Waals surface area contributed by atoms with Gasteiger partial charge in [-0.15, -0.1) is 0 Å². The molecule has 3 unspecified atom stereocenters. The minimum absolute atomic E-state index is 0.155. The first-order chi connectivity index (χ1) is 9.24. The molecule has 0 amide bonds. The van der Waals surface area contributed by atoms with E-state index in [-0.39, 0.29) is 11.9 Å². The fraction of sp³-hybridized carbons (Fsp3) is 1.00. The number of ether oxygens (including phenoxy) is 3. The van der Waals surface area contributed by atoms with Crippen LogP contribution in [0.1, 0.15) is 44.9 Å². The molecule has 108 valence electrons. The van der Waals surface area contributed by atoms with Gasteiger partial charge in [0.05, 0.1) is 31.5 Å². The van der Waals surface area contributed by atoms with Crippen LogP contribution in [0.2, 0.25) is 0 Å². The van der Waals surface area contributed by atoms with Gasteiger partial charge in [-0.1, -0.05) is 0 Å². The zero-order valence-corrected chi connectivity index (χ0v) is 11.4. The number of hydrogen-bond donors (Lipinski definition) is 1. The van der Waals surface area contributed by atoms with Crippen LogP contribution in [0.25, 0.3) is 0 Å². The van der Waals surface area contributed by atoms with Gasteiger partial charge in [-0.2, -0.15) is 0 Å². The summed E-state index contributed by atoms with van der Waals surface area (Å²) in [5.41, 5.74) is 0. The highest BCUT2D eigenvalue weighted by Gasteiger charge is 2.48. The molecular formula is C15H24O4. The number of aliphatic hydroxyl groups is 1. The molecule has 4 fully saturated rings. The van der Waals surface area contributed by atoms with Gasteiger partial charge in [-0.25, -0.2) is 0 Å². The van der Waals surface area contributed by atoms with Crippen LogP contribution in [-0.2, 0) is 14.2 Å². The van der Waals surface area contributed by atoms with Crippen LogP contribution in [-0.4, -0.2) is 42.4 Å². The Hall–Kier alpha value is -0.160. The van der Waals surface area contributed by atoms with E-state index in [0.717, 1.165) is 44.8 Å². The monoisotopic (exact) mass is 268 g/mol. The first-order valence-electron chi connectivity index (χ1n) is 7.85. The number of fused-ring (bicyclic) bond motifs is 1. The van der Waals surface area contributed by atoms with E-state index in [0.29, 0.717) is 18.1 Å². The Labute approximate surface area is 114 Å². The van der Waals surface area contributed by atoms with Crippen molar-refractivity contribution in [3.8, 4) is 0 Å². The van der Waals surface area contributed by atoms with E-state index in [9.17, 15) is 5.11 Å². The number of aliphatic hydroxyl groups excluding tert-OH is 1. The summed E-state index contributed by atoms with van der Waals surface area (Å²) < 4.78 is 17.8. The fourth-order valence-corrected chi connectivity index (χ4v) is 4.07. The summed E-state index contributed by atoms with van der Waals surface area (Å²) in [5, 5.41) is 9.59. The summed E-state index contributed by atoms with van der Waals surface area (Å²) in [6, 6.07) is 0. The van der Waals surface area contributed by atoms with Gasteiger partial charge in [0.2, 0.25) is 0 Å². The van der Waals surface area contributed by atoms with Gasteiger partial charge in [-0.3, -0.25) is 0 Å². The second-order valence-electron chi connectivity index (χ2n) is 6.81. The van der Waals surface area contributed by atoms with E-state index >= 15 is 0 Å². The Balaban J connectivity index is 1.32. The van der Waals surface area contributed by atoms with Gasteiger partial charge >= 0.3 is 0 Å². The summed E-state index contributed by atoms with van der Waals surface area (Å²) in [5.74, 6) is 0.890. The van der Waals surface area contributed by atoms with Crippen LogP contribution in [0.5, 0.6) is 0 Å². The van der Waals surface area contributed by atoms with Gasteiger partial charge in [0.25, 0.3) is 0 Å². The highest BCUT2D eigenvalue weighted by atomic mass is 16.7. The first-order valence-corrected chi connectivity index (χ1v) is 7.85. The lowest BCUT2D eigenvalue weighted by molar-refractivity contribution is -0.305. The Kier molecular flexibility index (Phi) is 3.10. The topological polar surface area (TPSA) is 51.2 Å². The molecule has 0 aromatic rings. The average molecular weight is 268 g/mol. The van der Waals surface area contributed by atoms with E-state index < -0.39 is 0 Å². The highest BCUT2D eigenvalue weighted by Crippen LogP contribution is 2.45. The van der Waals surface area contributed by atoms with E-state index in [2.05, 4.69) is 0 Å². The molecule has 4 aliphatic rings. The third-order valence-corrected chi connectivity index (χ3v) is 5.55. The van der Waals surface area contributed by atoms with Crippen molar-refractivity contribution in [1.82, 2.24) is 0 Å². The molecule has 2 aliphatic heterocycles. The van der Waals surface area contributed by atoms with Crippen LogP contribution >= 0.6 is 0 Å². The van der Waals surface area contributed by atoms with Gasteiger partial charge in [-0.05, 0) is 38.0 Å². The molecule has 3 atom stereocenters. The third-order valence-electron chi connectivity index (χ3n) is 5.55. The van der Waals surface area contributed by atoms with Gasteiger partial charge < -0.3 is 19.3 Å². The predicted molar refractivity (Wildman–Crippen MR) is 68.6 cm³/mol. The maximum atomic E-state index is 9.59. The van der Waals surface area contributed by atoms with Crippen molar-refractivity contribution in [2.24, 2.45) is 11.8 Å². The van der Waals surface area contributed by atoms with Crippen molar-refractivity contribution in [3.05, 3.63) is 0 Å². The number of epoxide rings is 1. The molecular weight excluding hydrogens is 244 g/mol. The van der Waals surface area contributed by atoms with Crippen molar-refractivity contribution < 1.29 is 19.3 Å². The zero-order chi connectivity index (χ0) is 12.9. The molecule has 2 aliphatic carbocycles. The lowest BCUT2D eigenvalue weighted by Crippen LogP contribution is -2.49. The van der Waals surface area contributed by atoms with Crippen LogP contribution in [0.15, 0.2) is 0 Å². The average Bonchev–Trinajstić information content (AvgIpc) is 3.22. The molecule has 4 heteroatoms. The van der Waals surface area contributed by atoms with Crippen LogP contribution in [0.4, 0.5) is 0 Å². The Morgan fingerprint density at radius 2 is 1.58 bits per heavy atom. The zero-order valence-electron chi connectivity index (χ0n) is 11.4. The standard InChI is InChI=1S/C15H24O4/c16-12-3-5-15(6-4-12)17-8-11(9-18-15)10-1-2-13-14(7-10)19-13/h10-14,16H,1-9H2. The minimum Gasteiger partial charge on any atom is -0.393 e. The molecule has 1 spiro atoms. The molecule has 0 radical (unpaired) electrons. The molecule has 0 bridgehead atoms. The van der Waals surface area contributed by atoms with Gasteiger partial charge in [0.1, 0.15) is 0 Å². The third kappa shape index (κ3) is 2.44. The summed E-state index contributed by atoms with van der Waals surface area (Å²) in [6.07, 6.45) is 7.97. The van der Waals surface area contributed by atoms with Crippen molar-refractivity contribution in [3.63, 3.8) is 0 Å². The van der Waals surface area contributed by atoms with Crippen LogP contribution in [0, 0.1) is 11.8 Å². The molecule has 2 saturated heterocycles. The van der Waals surface area contributed by atoms with Gasteiger partial charge in [0.15, 0.2) is 5.79 Å². The summed E-state index contributed by atoms with van der Waals surface area (Å²) in [4.78, 5) is 0. The van der Waals surface area contributed by atoms with Crippen LogP contribution in [0.3, 0.4) is 0 Å². The maximum absolute atomic E-state index is 9.59. The van der Waals surface area contributed by atoms with E-state index in [4.69, 9.17) is 14.2 Å². The summed E-state index contributed by atoms with van der Waals surface area (Å²) in [7, 11) is 0. The number of hydrogen-bond acceptors (Lipinski definition) is 4. The smallest absolute Gasteiger partial charge is 0.168 e. The highest BCUT2D eigenvalue weighted by molar-refractivity contribution is 4.94. The van der Waals surface area contributed by atoms with Crippen molar-refractivity contribution in [1.29, 1.82) is 0 Å². The van der Waals surface area contributed by atoms with Gasteiger partial charge in [0, 0.05) is 18.8 Å². The molecule has 0 aromatic carbocycles. The van der Waals surface area contributed by atoms with Crippen molar-refractivity contribution in [2.75, 3.05) is 13.2 Å². The SMILES string of the molecule is OC1CCC2(CC1)OCC(C1CCC3OC3C1)CO2. The van der Waals surface area contributed by atoms with E-state index in [1.165, 1.54) is 19.3 Å². The molecule has 19 heavy (non-hydrogen) atoms. The summed E-state index contributed by atoms with van der Waals surface area (Å²) >= 11 is 0.